The van der Waals surface area contributed by atoms with E-state index in [2.05, 4.69) is 5.32 Å². The summed E-state index contributed by atoms with van der Waals surface area (Å²) in [6.07, 6.45) is 0.723. The molecule has 22 heavy (non-hydrogen) atoms. The lowest BCUT2D eigenvalue weighted by molar-refractivity contribution is -0.117. The summed E-state index contributed by atoms with van der Waals surface area (Å²) in [6.45, 7) is 0. The minimum absolute atomic E-state index is 0.104. The third-order valence-electron chi connectivity index (χ3n) is 3.85. The second kappa shape index (κ2) is 5.75. The molecule has 5 heteroatoms. The minimum atomic E-state index is -0.426. The van der Waals surface area contributed by atoms with Gasteiger partial charge >= 0.3 is 0 Å². The van der Waals surface area contributed by atoms with E-state index in [0.29, 0.717) is 5.69 Å². The molecular formula is C17H15F2NO2. The van der Waals surface area contributed by atoms with Gasteiger partial charge in [0.05, 0.1) is 12.8 Å². The molecule has 0 unspecified atom stereocenters. The van der Waals surface area contributed by atoms with Crippen molar-refractivity contribution < 1.29 is 18.3 Å². The Labute approximate surface area is 126 Å². The Morgan fingerprint density at radius 1 is 1.14 bits per heavy atom. The maximum absolute atomic E-state index is 13.1. The number of benzene rings is 2. The van der Waals surface area contributed by atoms with Gasteiger partial charge in [0.25, 0.3) is 0 Å². The predicted molar refractivity (Wildman–Crippen MR) is 78.8 cm³/mol. The predicted octanol–water partition coefficient (Wildman–Crippen LogP) is 3.72. The van der Waals surface area contributed by atoms with Crippen LogP contribution in [0.5, 0.6) is 5.75 Å². The van der Waals surface area contributed by atoms with E-state index in [1.165, 1.54) is 37.4 Å². The molecular weight excluding hydrogens is 288 g/mol. The second-order valence-corrected chi connectivity index (χ2v) is 5.33. The van der Waals surface area contributed by atoms with Gasteiger partial charge in [-0.15, -0.1) is 0 Å². The molecule has 3 rings (SSSR count). The summed E-state index contributed by atoms with van der Waals surface area (Å²) >= 11 is 0. The zero-order chi connectivity index (χ0) is 15.7. The van der Waals surface area contributed by atoms with Gasteiger partial charge in [-0.1, -0.05) is 12.1 Å². The molecule has 1 amide bonds. The third-order valence-corrected chi connectivity index (χ3v) is 3.85. The molecule has 1 N–H and O–H groups in total. The van der Waals surface area contributed by atoms with Gasteiger partial charge in [-0.2, -0.15) is 0 Å². The molecule has 2 aromatic carbocycles. The van der Waals surface area contributed by atoms with Crippen LogP contribution in [-0.4, -0.2) is 13.0 Å². The first-order valence-corrected chi connectivity index (χ1v) is 6.98. The molecule has 1 aliphatic carbocycles. The van der Waals surface area contributed by atoms with Crippen molar-refractivity contribution in [2.75, 3.05) is 12.4 Å². The Balaban J connectivity index is 1.68. The number of carbonyl (C=O) groups is 1. The van der Waals surface area contributed by atoms with E-state index in [-0.39, 0.29) is 29.3 Å². The molecule has 0 bridgehead atoms. The fourth-order valence-corrected chi connectivity index (χ4v) is 2.56. The van der Waals surface area contributed by atoms with E-state index in [0.717, 1.165) is 12.0 Å². The summed E-state index contributed by atoms with van der Waals surface area (Å²) < 4.78 is 31.1. The molecule has 2 atom stereocenters. The molecule has 0 heterocycles. The molecule has 0 radical (unpaired) electrons. The highest BCUT2D eigenvalue weighted by Gasteiger charge is 2.44. The number of ether oxygens (including phenoxy) is 1. The molecule has 0 aromatic heterocycles. The van der Waals surface area contributed by atoms with E-state index in [4.69, 9.17) is 4.74 Å². The topological polar surface area (TPSA) is 38.3 Å². The van der Waals surface area contributed by atoms with Gasteiger partial charge in [-0.05, 0) is 42.2 Å². The number of hydrogen-bond donors (Lipinski definition) is 1. The first-order valence-electron chi connectivity index (χ1n) is 6.98. The summed E-state index contributed by atoms with van der Waals surface area (Å²) in [5.74, 6) is -0.620. The highest BCUT2D eigenvalue weighted by Crippen LogP contribution is 2.48. The van der Waals surface area contributed by atoms with Crippen LogP contribution in [0.15, 0.2) is 42.5 Å². The fraction of sp³-hybridized carbons (Fsp3) is 0.235. The number of methoxy groups -OCH3 is 1. The van der Waals surface area contributed by atoms with E-state index >= 15 is 0 Å². The van der Waals surface area contributed by atoms with Crippen LogP contribution in [0.3, 0.4) is 0 Å². The number of halogens is 2. The largest absolute Gasteiger partial charge is 0.494 e. The average molecular weight is 303 g/mol. The van der Waals surface area contributed by atoms with Crippen LogP contribution in [0.4, 0.5) is 14.5 Å². The summed E-state index contributed by atoms with van der Waals surface area (Å²) in [5, 5.41) is 2.76. The third kappa shape index (κ3) is 2.93. The van der Waals surface area contributed by atoms with Crippen molar-refractivity contribution in [3.63, 3.8) is 0 Å². The summed E-state index contributed by atoms with van der Waals surface area (Å²) in [4.78, 5) is 12.2. The van der Waals surface area contributed by atoms with Crippen LogP contribution < -0.4 is 10.1 Å². The SMILES string of the molecule is COc1cc(F)ccc1NC(=O)[C@@H]1C[C@H]1c1ccc(F)cc1. The molecule has 0 aliphatic heterocycles. The zero-order valence-corrected chi connectivity index (χ0v) is 12.0. The van der Waals surface area contributed by atoms with Gasteiger partial charge in [-0.3, -0.25) is 4.79 Å². The van der Waals surface area contributed by atoms with Crippen molar-refractivity contribution in [2.24, 2.45) is 5.92 Å². The summed E-state index contributed by atoms with van der Waals surface area (Å²) in [5.41, 5.74) is 1.39. The van der Waals surface area contributed by atoms with Crippen LogP contribution in [0.1, 0.15) is 17.9 Å². The standard InChI is InChI=1S/C17H15F2NO2/c1-22-16-8-12(19)6-7-15(16)20-17(21)14-9-13(14)10-2-4-11(18)5-3-10/h2-8,13-14H,9H2,1H3,(H,20,21)/t13-,14+/m0/s1. The Bertz CT molecular complexity index is 700. The second-order valence-electron chi connectivity index (χ2n) is 5.33. The zero-order valence-electron chi connectivity index (χ0n) is 12.0. The first kappa shape index (κ1) is 14.5. The lowest BCUT2D eigenvalue weighted by Crippen LogP contribution is -2.15. The van der Waals surface area contributed by atoms with Crippen molar-refractivity contribution in [1.82, 2.24) is 0 Å². The average Bonchev–Trinajstić information content (AvgIpc) is 3.30. The number of amides is 1. The highest BCUT2D eigenvalue weighted by molar-refractivity contribution is 5.96. The summed E-state index contributed by atoms with van der Waals surface area (Å²) in [7, 11) is 1.42. The Kier molecular flexibility index (Phi) is 3.79. The van der Waals surface area contributed by atoms with Crippen molar-refractivity contribution in [2.45, 2.75) is 12.3 Å². The van der Waals surface area contributed by atoms with Gasteiger partial charge in [0.15, 0.2) is 0 Å². The molecule has 1 fully saturated rings. The van der Waals surface area contributed by atoms with Crippen LogP contribution in [0.2, 0.25) is 0 Å². The fourth-order valence-electron chi connectivity index (χ4n) is 2.56. The molecule has 3 nitrogen and oxygen atoms in total. The van der Waals surface area contributed by atoms with Crippen molar-refractivity contribution in [1.29, 1.82) is 0 Å². The van der Waals surface area contributed by atoms with Gasteiger partial charge in [0.2, 0.25) is 5.91 Å². The monoisotopic (exact) mass is 303 g/mol. The van der Waals surface area contributed by atoms with Crippen molar-refractivity contribution >= 4 is 11.6 Å². The van der Waals surface area contributed by atoms with Gasteiger partial charge < -0.3 is 10.1 Å². The number of nitrogens with one attached hydrogen (secondary N) is 1. The highest BCUT2D eigenvalue weighted by atomic mass is 19.1. The molecule has 2 aromatic rings. The Hall–Kier alpha value is -2.43. The van der Waals surface area contributed by atoms with Crippen LogP contribution >= 0.6 is 0 Å². The van der Waals surface area contributed by atoms with E-state index in [1.807, 2.05) is 0 Å². The lowest BCUT2D eigenvalue weighted by atomic mass is 10.1. The number of carbonyl (C=O) groups excluding carboxylic acids is 1. The normalized spacial score (nSPS) is 19.6. The van der Waals surface area contributed by atoms with Crippen molar-refractivity contribution in [3.05, 3.63) is 59.7 Å². The Morgan fingerprint density at radius 2 is 1.82 bits per heavy atom. The smallest absolute Gasteiger partial charge is 0.228 e. The summed E-state index contributed by atoms with van der Waals surface area (Å²) in [6, 6.07) is 10.2. The van der Waals surface area contributed by atoms with Crippen LogP contribution in [-0.2, 0) is 4.79 Å². The molecule has 1 aliphatic rings. The van der Waals surface area contributed by atoms with E-state index < -0.39 is 5.82 Å². The molecule has 114 valence electrons. The minimum Gasteiger partial charge on any atom is -0.494 e. The van der Waals surface area contributed by atoms with Gasteiger partial charge in [0, 0.05) is 12.0 Å². The number of rotatable bonds is 4. The molecule has 0 spiro atoms. The van der Waals surface area contributed by atoms with E-state index in [1.54, 1.807) is 12.1 Å². The lowest BCUT2D eigenvalue weighted by Gasteiger charge is -2.10. The maximum atomic E-state index is 13.1. The van der Waals surface area contributed by atoms with Gasteiger partial charge in [0.1, 0.15) is 17.4 Å². The molecule has 1 saturated carbocycles. The molecule has 0 saturated heterocycles. The van der Waals surface area contributed by atoms with Crippen LogP contribution in [0, 0.1) is 17.6 Å². The van der Waals surface area contributed by atoms with Crippen LogP contribution in [0.25, 0.3) is 0 Å². The van der Waals surface area contributed by atoms with E-state index in [9.17, 15) is 13.6 Å². The van der Waals surface area contributed by atoms with Gasteiger partial charge in [-0.25, -0.2) is 8.78 Å². The first-order chi connectivity index (χ1) is 10.6. The maximum Gasteiger partial charge on any atom is 0.228 e. The quantitative estimate of drug-likeness (QED) is 0.935. The number of anilines is 1. The Morgan fingerprint density at radius 3 is 2.50 bits per heavy atom. The number of hydrogen-bond acceptors (Lipinski definition) is 2. The van der Waals surface area contributed by atoms with Crippen molar-refractivity contribution in [3.8, 4) is 5.75 Å².